The van der Waals surface area contributed by atoms with E-state index in [1.165, 1.54) is 0 Å². The maximum absolute atomic E-state index is 11.1. The smallest absolute Gasteiger partial charge is 0.321 e. The van der Waals surface area contributed by atoms with Gasteiger partial charge in [-0.05, 0) is 32.6 Å². The molecule has 5 heteroatoms. The van der Waals surface area contributed by atoms with E-state index >= 15 is 0 Å². The van der Waals surface area contributed by atoms with E-state index in [0.29, 0.717) is 5.92 Å². The highest BCUT2D eigenvalue weighted by molar-refractivity contribution is 7.09. The van der Waals surface area contributed by atoms with Crippen molar-refractivity contribution in [3.8, 4) is 0 Å². The first-order valence-electron chi connectivity index (χ1n) is 5.49. The zero-order valence-electron chi connectivity index (χ0n) is 9.43. The highest BCUT2D eigenvalue weighted by Gasteiger charge is 2.37. The Bertz CT molecular complexity index is 387. The molecule has 2 N–H and O–H groups in total. The molecular weight excluding hydrogens is 224 g/mol. The number of rotatable bonds is 5. The normalized spacial score (nSPS) is 19.4. The van der Waals surface area contributed by atoms with Crippen molar-refractivity contribution in [2.24, 2.45) is 5.92 Å². The van der Waals surface area contributed by atoms with Crippen LogP contribution in [0.25, 0.3) is 0 Å². The van der Waals surface area contributed by atoms with E-state index < -0.39 is 12.0 Å². The van der Waals surface area contributed by atoms with Crippen molar-refractivity contribution in [3.63, 3.8) is 0 Å². The van der Waals surface area contributed by atoms with Crippen LogP contribution < -0.4 is 5.32 Å². The number of aromatic nitrogens is 1. The third-order valence-corrected chi connectivity index (χ3v) is 3.66. The van der Waals surface area contributed by atoms with Crippen molar-refractivity contribution < 1.29 is 9.90 Å². The molecule has 4 nitrogen and oxygen atoms in total. The van der Waals surface area contributed by atoms with Crippen molar-refractivity contribution in [2.45, 2.75) is 38.8 Å². The lowest BCUT2D eigenvalue weighted by Gasteiger charge is -2.18. The summed E-state index contributed by atoms with van der Waals surface area (Å²) in [6, 6.07) is -0.413. The molecule has 1 aromatic rings. The quantitative estimate of drug-likeness (QED) is 0.826. The molecule has 16 heavy (non-hydrogen) atoms. The molecule has 1 fully saturated rings. The summed E-state index contributed by atoms with van der Waals surface area (Å²) in [6.07, 6.45) is 2.04. The van der Waals surface area contributed by atoms with Crippen molar-refractivity contribution >= 4 is 17.3 Å². The van der Waals surface area contributed by atoms with Gasteiger partial charge in [0.1, 0.15) is 6.04 Å². The Hall–Kier alpha value is -0.940. The SMILES string of the molecule is Cc1nc(C(C)NC(C(=O)O)C2CC2)cs1. The van der Waals surface area contributed by atoms with E-state index in [1.54, 1.807) is 11.3 Å². The van der Waals surface area contributed by atoms with E-state index in [1.807, 2.05) is 19.2 Å². The molecule has 2 atom stereocenters. The standard InChI is InChI=1S/C11H16N2O2S/c1-6(9-5-16-7(2)13-9)12-10(11(14)15)8-3-4-8/h5-6,8,10,12H,3-4H2,1-2H3,(H,14,15). The van der Waals surface area contributed by atoms with Crippen LogP contribution in [-0.2, 0) is 4.79 Å². The highest BCUT2D eigenvalue weighted by Crippen LogP contribution is 2.33. The maximum Gasteiger partial charge on any atom is 0.321 e. The highest BCUT2D eigenvalue weighted by atomic mass is 32.1. The van der Waals surface area contributed by atoms with E-state index in [0.717, 1.165) is 23.5 Å². The third kappa shape index (κ3) is 2.59. The summed E-state index contributed by atoms with van der Waals surface area (Å²) in [7, 11) is 0. The molecule has 1 saturated carbocycles. The van der Waals surface area contributed by atoms with Crippen molar-refractivity contribution in [1.29, 1.82) is 0 Å². The fourth-order valence-corrected chi connectivity index (χ4v) is 2.48. The summed E-state index contributed by atoms with van der Waals surface area (Å²) in [6.45, 7) is 3.92. The number of aliphatic carboxylic acids is 1. The zero-order valence-corrected chi connectivity index (χ0v) is 10.3. The molecule has 88 valence electrons. The lowest BCUT2D eigenvalue weighted by molar-refractivity contribution is -0.140. The second-order valence-electron chi connectivity index (χ2n) is 4.33. The summed E-state index contributed by atoms with van der Waals surface area (Å²) in [4.78, 5) is 15.4. The van der Waals surface area contributed by atoms with Gasteiger partial charge in [-0.2, -0.15) is 0 Å². The summed E-state index contributed by atoms with van der Waals surface area (Å²) in [5.41, 5.74) is 0.939. The number of carboxylic acids is 1. The van der Waals surface area contributed by atoms with Crippen LogP contribution in [-0.4, -0.2) is 22.1 Å². The van der Waals surface area contributed by atoms with E-state index in [-0.39, 0.29) is 6.04 Å². The van der Waals surface area contributed by atoms with Gasteiger partial charge < -0.3 is 5.11 Å². The second-order valence-corrected chi connectivity index (χ2v) is 5.40. The fourth-order valence-electron chi connectivity index (χ4n) is 1.77. The molecule has 0 saturated heterocycles. The predicted molar refractivity (Wildman–Crippen MR) is 62.5 cm³/mol. The average Bonchev–Trinajstić information content (AvgIpc) is 2.96. The molecule has 1 aromatic heterocycles. The summed E-state index contributed by atoms with van der Waals surface area (Å²) >= 11 is 1.59. The van der Waals surface area contributed by atoms with Gasteiger partial charge in [-0.3, -0.25) is 10.1 Å². The molecule has 1 aliphatic carbocycles. The number of hydrogen-bond donors (Lipinski definition) is 2. The van der Waals surface area contributed by atoms with E-state index in [4.69, 9.17) is 5.11 Å². The minimum atomic E-state index is -0.749. The number of nitrogens with zero attached hydrogens (tertiary/aromatic N) is 1. The molecular formula is C11H16N2O2S. The van der Waals surface area contributed by atoms with E-state index in [2.05, 4.69) is 10.3 Å². The summed E-state index contributed by atoms with van der Waals surface area (Å²) < 4.78 is 0. The van der Waals surface area contributed by atoms with Gasteiger partial charge in [-0.25, -0.2) is 4.98 Å². The van der Waals surface area contributed by atoms with Gasteiger partial charge >= 0.3 is 5.97 Å². The average molecular weight is 240 g/mol. The minimum Gasteiger partial charge on any atom is -0.480 e. The van der Waals surface area contributed by atoms with Gasteiger partial charge in [-0.1, -0.05) is 0 Å². The Morgan fingerprint density at radius 1 is 1.69 bits per heavy atom. The molecule has 0 aliphatic heterocycles. The molecule has 0 bridgehead atoms. The van der Waals surface area contributed by atoms with Gasteiger partial charge in [0.2, 0.25) is 0 Å². The molecule has 0 aromatic carbocycles. The Labute approximate surface area is 98.7 Å². The third-order valence-electron chi connectivity index (χ3n) is 2.87. The largest absolute Gasteiger partial charge is 0.480 e. The molecule has 0 amide bonds. The van der Waals surface area contributed by atoms with Gasteiger partial charge in [0, 0.05) is 11.4 Å². The zero-order chi connectivity index (χ0) is 11.7. The van der Waals surface area contributed by atoms with Crippen LogP contribution >= 0.6 is 11.3 Å². The Kier molecular flexibility index (Phi) is 3.25. The number of nitrogens with one attached hydrogen (secondary N) is 1. The molecule has 2 rings (SSSR count). The number of aryl methyl sites for hydroxylation is 1. The van der Waals surface area contributed by atoms with E-state index in [9.17, 15) is 4.79 Å². The predicted octanol–water partition coefficient (Wildman–Crippen LogP) is 1.97. The first-order valence-corrected chi connectivity index (χ1v) is 6.36. The van der Waals surface area contributed by atoms with Gasteiger partial charge in [0.05, 0.1) is 10.7 Å². The Balaban J connectivity index is 1.99. The molecule has 0 radical (unpaired) electrons. The molecule has 0 spiro atoms. The van der Waals surface area contributed by atoms with Crippen LogP contribution in [0, 0.1) is 12.8 Å². The number of carboxylic acid groups (broad SMARTS) is 1. The molecule has 1 heterocycles. The molecule has 2 unspecified atom stereocenters. The van der Waals surface area contributed by atoms with Crippen LogP contribution in [0.5, 0.6) is 0 Å². The number of hydrogen-bond acceptors (Lipinski definition) is 4. The fraction of sp³-hybridized carbons (Fsp3) is 0.636. The first kappa shape index (κ1) is 11.5. The van der Waals surface area contributed by atoms with Crippen LogP contribution in [0.4, 0.5) is 0 Å². The van der Waals surface area contributed by atoms with Crippen LogP contribution in [0.2, 0.25) is 0 Å². The van der Waals surface area contributed by atoms with Crippen molar-refractivity contribution in [3.05, 3.63) is 16.1 Å². The number of carbonyl (C=O) groups is 1. The Morgan fingerprint density at radius 3 is 2.81 bits per heavy atom. The van der Waals surface area contributed by atoms with Gasteiger partial charge in [0.25, 0.3) is 0 Å². The van der Waals surface area contributed by atoms with Gasteiger partial charge in [0.15, 0.2) is 0 Å². The van der Waals surface area contributed by atoms with Gasteiger partial charge in [-0.15, -0.1) is 11.3 Å². The topological polar surface area (TPSA) is 62.2 Å². The van der Waals surface area contributed by atoms with Crippen LogP contribution in [0.3, 0.4) is 0 Å². The monoisotopic (exact) mass is 240 g/mol. The number of thiazole rings is 1. The second kappa shape index (κ2) is 4.51. The first-order chi connectivity index (χ1) is 7.58. The Morgan fingerprint density at radius 2 is 2.38 bits per heavy atom. The lowest BCUT2D eigenvalue weighted by Crippen LogP contribution is -2.40. The summed E-state index contributed by atoms with van der Waals surface area (Å²) in [5.74, 6) is -0.444. The van der Waals surface area contributed by atoms with Crippen LogP contribution in [0.15, 0.2) is 5.38 Å². The van der Waals surface area contributed by atoms with Crippen molar-refractivity contribution in [2.75, 3.05) is 0 Å². The summed E-state index contributed by atoms with van der Waals surface area (Å²) in [5, 5.41) is 15.3. The maximum atomic E-state index is 11.1. The lowest BCUT2D eigenvalue weighted by atomic mass is 10.1. The van der Waals surface area contributed by atoms with Crippen LogP contribution in [0.1, 0.15) is 36.5 Å². The molecule has 1 aliphatic rings. The van der Waals surface area contributed by atoms with Crippen molar-refractivity contribution in [1.82, 2.24) is 10.3 Å². The minimum absolute atomic E-state index is 0.00616.